The highest BCUT2D eigenvalue weighted by Crippen LogP contribution is 2.37. The van der Waals surface area contributed by atoms with E-state index < -0.39 is 0 Å². The van der Waals surface area contributed by atoms with E-state index in [-0.39, 0.29) is 5.92 Å². The summed E-state index contributed by atoms with van der Waals surface area (Å²) in [7, 11) is 3.37. The molecule has 2 N–H and O–H groups in total. The second-order valence-corrected chi connectivity index (χ2v) is 6.20. The van der Waals surface area contributed by atoms with Gasteiger partial charge in [0, 0.05) is 5.92 Å². The van der Waals surface area contributed by atoms with E-state index in [0.717, 1.165) is 34.8 Å². The summed E-state index contributed by atoms with van der Waals surface area (Å²) in [6.07, 6.45) is 0.766. The first kappa shape index (κ1) is 19.1. The van der Waals surface area contributed by atoms with Crippen LogP contribution in [0, 0.1) is 13.8 Å². The van der Waals surface area contributed by atoms with Gasteiger partial charge in [-0.2, -0.15) is 0 Å². The number of ether oxygens (including phenoxy) is 3. The van der Waals surface area contributed by atoms with Crippen LogP contribution in [0.15, 0.2) is 30.3 Å². The smallest absolute Gasteiger partial charge is 0.164 e. The highest BCUT2D eigenvalue weighted by Gasteiger charge is 2.20. The van der Waals surface area contributed by atoms with Crippen molar-refractivity contribution < 1.29 is 14.2 Å². The zero-order valence-corrected chi connectivity index (χ0v) is 15.9. The molecule has 4 nitrogen and oxygen atoms in total. The number of hydrogen-bond acceptors (Lipinski definition) is 4. The van der Waals surface area contributed by atoms with Crippen molar-refractivity contribution in [3.63, 3.8) is 0 Å². The van der Waals surface area contributed by atoms with Crippen LogP contribution in [0.4, 0.5) is 0 Å². The first-order chi connectivity index (χ1) is 12.0. The molecule has 0 fully saturated rings. The number of para-hydroxylation sites is 1. The van der Waals surface area contributed by atoms with Gasteiger partial charge in [0.25, 0.3) is 0 Å². The van der Waals surface area contributed by atoms with E-state index in [4.69, 9.17) is 19.9 Å². The van der Waals surface area contributed by atoms with Crippen LogP contribution in [0.2, 0.25) is 0 Å². The molecule has 2 aromatic rings. The maximum atomic E-state index is 6.13. The Morgan fingerprint density at radius 3 is 2.28 bits per heavy atom. The standard InChI is InChI=1S/C21H29NO3/c1-6-25-21-16(8-7-9-19(21)23-4)12-17(13-22)18-10-14(2)15(3)11-20(18)24-5/h7-11,17H,6,12-13,22H2,1-5H3. The van der Waals surface area contributed by atoms with Crippen LogP contribution >= 0.6 is 0 Å². The van der Waals surface area contributed by atoms with Crippen molar-refractivity contribution in [2.24, 2.45) is 5.73 Å². The third-order valence-corrected chi connectivity index (χ3v) is 4.61. The molecule has 0 saturated carbocycles. The van der Waals surface area contributed by atoms with E-state index in [1.54, 1.807) is 14.2 Å². The van der Waals surface area contributed by atoms with Gasteiger partial charge in [0.2, 0.25) is 0 Å². The first-order valence-corrected chi connectivity index (χ1v) is 8.69. The zero-order chi connectivity index (χ0) is 18.4. The molecule has 0 aliphatic rings. The molecule has 25 heavy (non-hydrogen) atoms. The number of hydrogen-bond donors (Lipinski definition) is 1. The van der Waals surface area contributed by atoms with Crippen molar-refractivity contribution in [1.29, 1.82) is 0 Å². The van der Waals surface area contributed by atoms with Crippen molar-refractivity contribution in [3.8, 4) is 17.2 Å². The second kappa shape index (κ2) is 8.77. The summed E-state index contributed by atoms with van der Waals surface area (Å²) in [4.78, 5) is 0. The normalized spacial score (nSPS) is 11.9. The van der Waals surface area contributed by atoms with E-state index in [1.807, 2.05) is 19.1 Å². The van der Waals surface area contributed by atoms with Crippen molar-refractivity contribution in [2.45, 2.75) is 33.1 Å². The Bertz CT molecular complexity index is 713. The molecule has 0 bridgehead atoms. The highest BCUT2D eigenvalue weighted by atomic mass is 16.5. The fourth-order valence-corrected chi connectivity index (χ4v) is 3.08. The molecule has 0 radical (unpaired) electrons. The Kier molecular flexibility index (Phi) is 6.71. The van der Waals surface area contributed by atoms with Gasteiger partial charge in [-0.15, -0.1) is 0 Å². The Morgan fingerprint density at radius 2 is 1.68 bits per heavy atom. The number of nitrogens with two attached hydrogens (primary N) is 1. The van der Waals surface area contributed by atoms with Gasteiger partial charge in [0.15, 0.2) is 11.5 Å². The summed E-state index contributed by atoms with van der Waals surface area (Å²) in [6.45, 7) is 7.30. The molecule has 2 rings (SSSR count). The van der Waals surface area contributed by atoms with Crippen LogP contribution in [0.3, 0.4) is 0 Å². The average Bonchev–Trinajstić information content (AvgIpc) is 2.62. The Hall–Kier alpha value is -2.20. The molecule has 4 heteroatoms. The van der Waals surface area contributed by atoms with Crippen molar-refractivity contribution >= 4 is 0 Å². The predicted molar refractivity (Wildman–Crippen MR) is 102 cm³/mol. The monoisotopic (exact) mass is 343 g/mol. The molecule has 2 aromatic carbocycles. The lowest BCUT2D eigenvalue weighted by molar-refractivity contribution is 0.307. The number of rotatable bonds is 8. The lowest BCUT2D eigenvalue weighted by atomic mass is 9.89. The maximum Gasteiger partial charge on any atom is 0.164 e. The molecule has 136 valence electrons. The summed E-state index contributed by atoms with van der Waals surface area (Å²) < 4.78 is 16.9. The summed E-state index contributed by atoms with van der Waals surface area (Å²) in [5.41, 5.74) is 10.8. The molecule has 0 aliphatic carbocycles. The Labute approximate surface area is 150 Å². The van der Waals surface area contributed by atoms with Crippen molar-refractivity contribution in [3.05, 3.63) is 52.6 Å². The molecule has 0 spiro atoms. The maximum absolute atomic E-state index is 6.13. The van der Waals surface area contributed by atoms with Crippen LogP contribution in [0.5, 0.6) is 17.2 Å². The van der Waals surface area contributed by atoms with Crippen LogP contribution in [0.1, 0.15) is 35.1 Å². The molecular formula is C21H29NO3. The number of methoxy groups -OCH3 is 2. The van der Waals surface area contributed by atoms with E-state index in [0.29, 0.717) is 13.2 Å². The summed E-state index contributed by atoms with van der Waals surface area (Å²) >= 11 is 0. The fourth-order valence-electron chi connectivity index (χ4n) is 3.08. The quantitative estimate of drug-likeness (QED) is 0.787. The topological polar surface area (TPSA) is 53.7 Å². The van der Waals surface area contributed by atoms with Gasteiger partial charge in [-0.3, -0.25) is 0 Å². The number of benzene rings is 2. The summed E-state index contributed by atoms with van der Waals surface area (Å²) in [5.74, 6) is 2.58. The fraction of sp³-hybridized carbons (Fsp3) is 0.429. The van der Waals surface area contributed by atoms with E-state index in [9.17, 15) is 0 Å². The average molecular weight is 343 g/mol. The van der Waals surface area contributed by atoms with Gasteiger partial charge in [-0.1, -0.05) is 18.2 Å². The molecule has 0 heterocycles. The molecule has 0 aromatic heterocycles. The molecule has 1 atom stereocenters. The molecular weight excluding hydrogens is 314 g/mol. The van der Waals surface area contributed by atoms with Gasteiger partial charge in [-0.05, 0) is 68.1 Å². The van der Waals surface area contributed by atoms with Crippen molar-refractivity contribution in [2.75, 3.05) is 27.4 Å². The first-order valence-electron chi connectivity index (χ1n) is 8.69. The SMILES string of the molecule is CCOc1c(CC(CN)c2cc(C)c(C)cc2OC)cccc1OC. The Balaban J connectivity index is 2.43. The minimum absolute atomic E-state index is 0.139. The lowest BCUT2D eigenvalue weighted by Gasteiger charge is -2.22. The molecule has 0 amide bonds. The van der Waals surface area contributed by atoms with E-state index >= 15 is 0 Å². The van der Waals surface area contributed by atoms with Gasteiger partial charge < -0.3 is 19.9 Å². The summed E-state index contributed by atoms with van der Waals surface area (Å²) in [5, 5.41) is 0. The van der Waals surface area contributed by atoms with E-state index in [1.165, 1.54) is 11.1 Å². The summed E-state index contributed by atoms with van der Waals surface area (Å²) in [6, 6.07) is 10.3. The van der Waals surface area contributed by atoms with Gasteiger partial charge in [-0.25, -0.2) is 0 Å². The van der Waals surface area contributed by atoms with Crippen molar-refractivity contribution in [1.82, 2.24) is 0 Å². The molecule has 0 saturated heterocycles. The van der Waals surface area contributed by atoms with Gasteiger partial charge in [0.05, 0.1) is 20.8 Å². The van der Waals surface area contributed by atoms with Gasteiger partial charge >= 0.3 is 0 Å². The Morgan fingerprint density at radius 1 is 1.00 bits per heavy atom. The van der Waals surface area contributed by atoms with Gasteiger partial charge in [0.1, 0.15) is 5.75 Å². The molecule has 1 unspecified atom stereocenters. The predicted octanol–water partition coefficient (Wildman–Crippen LogP) is 4.00. The number of aryl methyl sites for hydroxylation is 2. The highest BCUT2D eigenvalue weighted by molar-refractivity contribution is 5.49. The largest absolute Gasteiger partial charge is 0.496 e. The third-order valence-electron chi connectivity index (χ3n) is 4.61. The van der Waals surface area contributed by atoms with E-state index in [2.05, 4.69) is 32.0 Å². The minimum Gasteiger partial charge on any atom is -0.496 e. The van der Waals surface area contributed by atoms with Crippen LogP contribution < -0.4 is 19.9 Å². The van der Waals surface area contributed by atoms with Crippen LogP contribution in [0.25, 0.3) is 0 Å². The third kappa shape index (κ3) is 4.26. The lowest BCUT2D eigenvalue weighted by Crippen LogP contribution is -2.17. The minimum atomic E-state index is 0.139. The second-order valence-electron chi connectivity index (χ2n) is 6.20. The van der Waals surface area contributed by atoms with Crippen LogP contribution in [-0.4, -0.2) is 27.4 Å². The van der Waals surface area contributed by atoms with Crippen LogP contribution in [-0.2, 0) is 6.42 Å². The molecule has 0 aliphatic heterocycles. The zero-order valence-electron chi connectivity index (χ0n) is 15.9.